The van der Waals surface area contributed by atoms with E-state index in [0.717, 1.165) is 15.4 Å². The van der Waals surface area contributed by atoms with Crippen LogP contribution in [0.1, 0.15) is 35.3 Å². The third-order valence-corrected chi connectivity index (χ3v) is 6.50. The molecule has 2 aromatic rings. The molecule has 1 fully saturated rings. The van der Waals surface area contributed by atoms with Crippen LogP contribution in [0.5, 0.6) is 0 Å². The van der Waals surface area contributed by atoms with E-state index in [1.807, 2.05) is 31.2 Å². The van der Waals surface area contributed by atoms with Gasteiger partial charge in [-0.15, -0.1) is 0 Å². The average Bonchev–Trinajstić information content (AvgIpc) is 2.76. The van der Waals surface area contributed by atoms with Gasteiger partial charge in [0.15, 0.2) is 0 Å². The van der Waals surface area contributed by atoms with Crippen LogP contribution in [0.4, 0.5) is 5.69 Å². The number of rotatable bonds is 4. The van der Waals surface area contributed by atoms with Gasteiger partial charge >= 0.3 is 0 Å². The molecule has 142 valence electrons. The maximum absolute atomic E-state index is 12.4. The molecule has 0 aliphatic carbocycles. The zero-order valence-corrected chi connectivity index (χ0v) is 16.3. The number of amides is 2. The van der Waals surface area contributed by atoms with E-state index in [0.29, 0.717) is 12.1 Å². The second-order valence-corrected chi connectivity index (χ2v) is 9.25. The summed E-state index contributed by atoms with van der Waals surface area (Å²) < 4.78 is 25.5. The molecule has 3 rings (SSSR count). The van der Waals surface area contributed by atoms with Gasteiger partial charge in [-0.05, 0) is 50.6 Å². The highest BCUT2D eigenvalue weighted by molar-refractivity contribution is 7.94. The van der Waals surface area contributed by atoms with Crippen LogP contribution < -0.4 is 9.62 Å². The number of nitrogens with zero attached hydrogens (tertiary/aromatic N) is 1. The number of sulfonamides is 1. The highest BCUT2D eigenvalue weighted by Crippen LogP contribution is 2.35. The smallest absolute Gasteiger partial charge is 0.251 e. The van der Waals surface area contributed by atoms with Crippen molar-refractivity contribution in [1.82, 2.24) is 5.32 Å². The second-order valence-electron chi connectivity index (χ2n) is 7.43. The summed E-state index contributed by atoms with van der Waals surface area (Å²) in [6, 6.07) is 13.9. The largest absolute Gasteiger partial charge is 0.348 e. The number of hydrogen-bond donors (Lipinski definition) is 1. The van der Waals surface area contributed by atoms with Gasteiger partial charge in [0, 0.05) is 12.1 Å². The Kier molecular flexibility index (Phi) is 4.82. The van der Waals surface area contributed by atoms with Crippen molar-refractivity contribution in [2.24, 2.45) is 5.41 Å². The van der Waals surface area contributed by atoms with E-state index in [-0.39, 0.29) is 17.3 Å². The molecule has 0 radical (unpaired) electrons. The molecule has 0 aromatic heterocycles. The van der Waals surface area contributed by atoms with E-state index in [9.17, 15) is 18.0 Å². The van der Waals surface area contributed by atoms with Gasteiger partial charge in [-0.25, -0.2) is 12.7 Å². The van der Waals surface area contributed by atoms with Crippen molar-refractivity contribution in [2.45, 2.75) is 27.3 Å². The molecule has 0 saturated carbocycles. The highest BCUT2D eigenvalue weighted by Gasteiger charge is 2.49. The Hall–Kier alpha value is -2.67. The molecule has 1 N–H and O–H groups in total. The van der Waals surface area contributed by atoms with E-state index < -0.39 is 21.3 Å². The van der Waals surface area contributed by atoms with Crippen LogP contribution in [0.2, 0.25) is 0 Å². The molecule has 6 nitrogen and oxygen atoms in total. The maximum Gasteiger partial charge on any atom is 0.251 e. The fraction of sp³-hybridized carbons (Fsp3) is 0.300. The molecule has 27 heavy (non-hydrogen) atoms. The van der Waals surface area contributed by atoms with Crippen molar-refractivity contribution in [2.75, 3.05) is 10.1 Å². The van der Waals surface area contributed by atoms with Crippen molar-refractivity contribution < 1.29 is 18.0 Å². The SMILES string of the molecule is Cc1cccc(CNC(=O)c2ccc(N3C(=O)C(C)(C)CS3(=O)=O)cc2)c1. The summed E-state index contributed by atoms with van der Waals surface area (Å²) in [7, 11) is -3.70. The van der Waals surface area contributed by atoms with Crippen molar-refractivity contribution in [1.29, 1.82) is 0 Å². The quantitative estimate of drug-likeness (QED) is 0.876. The molecule has 0 unspecified atom stereocenters. The summed E-state index contributed by atoms with van der Waals surface area (Å²) in [6.07, 6.45) is 0. The van der Waals surface area contributed by atoms with Crippen LogP contribution in [0.15, 0.2) is 48.5 Å². The van der Waals surface area contributed by atoms with Crippen molar-refractivity contribution in [3.63, 3.8) is 0 Å². The molecule has 1 saturated heterocycles. The molecule has 0 atom stereocenters. The van der Waals surface area contributed by atoms with Crippen LogP contribution in [-0.4, -0.2) is 26.0 Å². The van der Waals surface area contributed by atoms with Gasteiger partial charge in [-0.3, -0.25) is 9.59 Å². The van der Waals surface area contributed by atoms with Crippen LogP contribution in [0, 0.1) is 12.3 Å². The van der Waals surface area contributed by atoms with Gasteiger partial charge in [-0.1, -0.05) is 29.8 Å². The molecule has 1 aliphatic heterocycles. The molecule has 0 spiro atoms. The Balaban J connectivity index is 1.73. The zero-order chi connectivity index (χ0) is 19.8. The molecule has 2 aromatic carbocycles. The Morgan fingerprint density at radius 1 is 1.15 bits per heavy atom. The van der Waals surface area contributed by atoms with Crippen molar-refractivity contribution >= 4 is 27.5 Å². The van der Waals surface area contributed by atoms with Crippen LogP contribution in [-0.2, 0) is 21.4 Å². The topological polar surface area (TPSA) is 83.6 Å². The Bertz CT molecular complexity index is 995. The van der Waals surface area contributed by atoms with Gasteiger partial charge in [0.25, 0.3) is 5.91 Å². The number of anilines is 1. The van der Waals surface area contributed by atoms with E-state index in [1.54, 1.807) is 13.8 Å². The van der Waals surface area contributed by atoms with E-state index in [1.165, 1.54) is 24.3 Å². The summed E-state index contributed by atoms with van der Waals surface area (Å²) in [4.78, 5) is 24.7. The first kappa shape index (κ1) is 19.1. The normalized spacial score (nSPS) is 17.7. The lowest BCUT2D eigenvalue weighted by atomic mass is 9.95. The van der Waals surface area contributed by atoms with E-state index in [2.05, 4.69) is 5.32 Å². The fourth-order valence-electron chi connectivity index (χ4n) is 3.12. The van der Waals surface area contributed by atoms with Crippen LogP contribution in [0.25, 0.3) is 0 Å². The number of nitrogens with one attached hydrogen (secondary N) is 1. The lowest BCUT2D eigenvalue weighted by molar-refractivity contribution is -0.123. The molecule has 0 bridgehead atoms. The predicted molar refractivity (Wildman–Crippen MR) is 104 cm³/mol. The number of carbonyl (C=O) groups is 2. The first-order valence-corrected chi connectivity index (χ1v) is 10.2. The maximum atomic E-state index is 12.4. The molecule has 7 heteroatoms. The Morgan fingerprint density at radius 3 is 2.37 bits per heavy atom. The fourth-order valence-corrected chi connectivity index (χ4v) is 5.22. The number of benzene rings is 2. The summed E-state index contributed by atoms with van der Waals surface area (Å²) in [5.41, 5.74) is 1.81. The first-order chi connectivity index (χ1) is 12.6. The monoisotopic (exact) mass is 386 g/mol. The molecular weight excluding hydrogens is 364 g/mol. The van der Waals surface area contributed by atoms with Gasteiger partial charge < -0.3 is 5.32 Å². The minimum atomic E-state index is -3.70. The minimum absolute atomic E-state index is 0.225. The number of hydrogen-bond acceptors (Lipinski definition) is 4. The lowest BCUT2D eigenvalue weighted by Gasteiger charge is -2.17. The second kappa shape index (κ2) is 6.81. The minimum Gasteiger partial charge on any atom is -0.348 e. The summed E-state index contributed by atoms with van der Waals surface area (Å²) >= 11 is 0. The van der Waals surface area contributed by atoms with Gasteiger partial charge in [-0.2, -0.15) is 0 Å². The summed E-state index contributed by atoms with van der Waals surface area (Å²) in [6.45, 7) is 5.61. The predicted octanol–water partition coefficient (Wildman–Crippen LogP) is 2.63. The first-order valence-electron chi connectivity index (χ1n) is 8.61. The standard InChI is InChI=1S/C20H22N2O4S/c1-14-5-4-6-15(11-14)12-21-18(23)16-7-9-17(10-8-16)22-19(24)20(2,3)13-27(22,25)26/h4-11H,12-13H2,1-3H3,(H,21,23). The summed E-state index contributed by atoms with van der Waals surface area (Å²) in [5, 5.41) is 2.83. The number of carbonyl (C=O) groups excluding carboxylic acids is 2. The third-order valence-electron chi connectivity index (χ3n) is 4.48. The molecular formula is C20H22N2O4S. The Labute approximate surface area is 159 Å². The number of aryl methyl sites for hydroxylation is 1. The van der Waals surface area contributed by atoms with Gasteiger partial charge in [0.05, 0.1) is 16.9 Å². The van der Waals surface area contributed by atoms with Crippen LogP contribution in [0.3, 0.4) is 0 Å². The summed E-state index contributed by atoms with van der Waals surface area (Å²) in [5.74, 6) is -0.949. The van der Waals surface area contributed by atoms with E-state index in [4.69, 9.17) is 0 Å². The third kappa shape index (κ3) is 3.88. The highest BCUT2D eigenvalue weighted by atomic mass is 32.2. The molecule has 1 heterocycles. The zero-order valence-electron chi connectivity index (χ0n) is 15.5. The van der Waals surface area contributed by atoms with Crippen molar-refractivity contribution in [3.05, 3.63) is 65.2 Å². The lowest BCUT2D eigenvalue weighted by Crippen LogP contribution is -2.33. The van der Waals surface area contributed by atoms with Crippen molar-refractivity contribution in [3.8, 4) is 0 Å². The molecule has 2 amide bonds. The van der Waals surface area contributed by atoms with Crippen LogP contribution >= 0.6 is 0 Å². The average molecular weight is 386 g/mol. The van der Waals surface area contributed by atoms with E-state index >= 15 is 0 Å². The van der Waals surface area contributed by atoms with Gasteiger partial charge in [0.1, 0.15) is 0 Å². The Morgan fingerprint density at radius 2 is 1.81 bits per heavy atom. The van der Waals surface area contributed by atoms with Gasteiger partial charge in [0.2, 0.25) is 15.9 Å². The molecule has 1 aliphatic rings.